The van der Waals surface area contributed by atoms with Crippen molar-refractivity contribution in [2.24, 2.45) is 23.7 Å². The molecule has 0 radical (unpaired) electrons. The van der Waals surface area contributed by atoms with Crippen molar-refractivity contribution in [3.8, 4) is 5.75 Å². The number of nitrogens with one attached hydrogen (secondary N) is 2. The zero-order valence-corrected chi connectivity index (χ0v) is 18.7. The standard InChI is InChI=1S/C23H26ClF4N3O2/c24-22(25)8-18(22)21(32)30-20-9-29-19-2-1-16(7-17(19)20)33-4-3-13-5-14-10-31(11-15(14)6-13)12-23(26,27)28/h1-2,7,9,13-15,18,29H,3-6,8,10-12H2,(H,30,32)/t13?,14-,15+,18?,22?. The molecule has 2 N–H and O–H groups in total. The molecule has 5 atom stereocenters. The number of fused-ring (bicyclic) bond motifs is 2. The van der Waals surface area contributed by atoms with Crippen LogP contribution in [0.25, 0.3) is 10.9 Å². The number of likely N-dealkylation sites (tertiary alicyclic amines) is 1. The molecule has 3 fully saturated rings. The number of carbonyl (C=O) groups is 1. The number of rotatable bonds is 7. The van der Waals surface area contributed by atoms with Gasteiger partial charge >= 0.3 is 6.18 Å². The van der Waals surface area contributed by atoms with Crippen molar-refractivity contribution in [3.05, 3.63) is 24.4 Å². The number of halogens is 5. The summed E-state index contributed by atoms with van der Waals surface area (Å²) in [5, 5.41) is 1.55. The lowest BCUT2D eigenvalue weighted by molar-refractivity contribution is -0.144. The molecule has 1 amide bonds. The van der Waals surface area contributed by atoms with Gasteiger partial charge in [-0.2, -0.15) is 13.2 Å². The van der Waals surface area contributed by atoms with E-state index in [0.717, 1.165) is 30.2 Å². The highest BCUT2D eigenvalue weighted by Gasteiger charge is 2.58. The predicted molar refractivity (Wildman–Crippen MR) is 117 cm³/mol. The Morgan fingerprint density at radius 3 is 2.61 bits per heavy atom. The summed E-state index contributed by atoms with van der Waals surface area (Å²) in [6.07, 6.45) is 0.301. The van der Waals surface area contributed by atoms with Gasteiger partial charge in [0.1, 0.15) is 5.75 Å². The average molecular weight is 488 g/mol. The van der Waals surface area contributed by atoms with Gasteiger partial charge in [-0.3, -0.25) is 9.69 Å². The summed E-state index contributed by atoms with van der Waals surface area (Å²) in [6.45, 7) is 0.786. The molecule has 5 nitrogen and oxygen atoms in total. The van der Waals surface area contributed by atoms with Gasteiger partial charge in [0.05, 0.1) is 24.8 Å². The first kappa shape index (κ1) is 22.8. The van der Waals surface area contributed by atoms with Crippen molar-refractivity contribution >= 4 is 34.1 Å². The number of amides is 1. The van der Waals surface area contributed by atoms with Gasteiger partial charge < -0.3 is 15.0 Å². The third-order valence-electron chi connectivity index (χ3n) is 7.18. The first-order valence-electron chi connectivity index (χ1n) is 11.3. The van der Waals surface area contributed by atoms with Gasteiger partial charge in [0.2, 0.25) is 5.91 Å². The van der Waals surface area contributed by atoms with E-state index in [1.165, 1.54) is 4.90 Å². The predicted octanol–water partition coefficient (Wildman–Crippen LogP) is 5.32. The highest BCUT2D eigenvalue weighted by Crippen LogP contribution is 2.51. The summed E-state index contributed by atoms with van der Waals surface area (Å²) >= 11 is 5.56. The van der Waals surface area contributed by atoms with Crippen molar-refractivity contribution in [2.75, 3.05) is 31.6 Å². The van der Waals surface area contributed by atoms with Crippen LogP contribution in [0.5, 0.6) is 5.75 Å². The van der Waals surface area contributed by atoms with E-state index in [2.05, 4.69) is 10.3 Å². The SMILES string of the molecule is O=C(Nc1c[nH]c2ccc(OCCC3C[C@@H]4CN(CC(F)(F)F)C[C@@H]4C3)cc12)C1CC1(F)Cl. The third kappa shape index (κ3) is 5.09. The van der Waals surface area contributed by atoms with E-state index in [0.29, 0.717) is 48.9 Å². The van der Waals surface area contributed by atoms with E-state index in [1.807, 2.05) is 18.2 Å². The molecule has 0 bridgehead atoms. The van der Waals surface area contributed by atoms with Crippen LogP contribution in [0.3, 0.4) is 0 Å². The van der Waals surface area contributed by atoms with Gasteiger partial charge in [-0.15, -0.1) is 0 Å². The molecule has 2 aliphatic carbocycles. The fraction of sp³-hybridized carbons (Fsp3) is 0.609. The van der Waals surface area contributed by atoms with Gasteiger partial charge in [0, 0.05) is 36.6 Å². The minimum absolute atomic E-state index is 0.0142. The average Bonchev–Trinajstić information content (AvgIpc) is 3.03. The quantitative estimate of drug-likeness (QED) is 0.410. The Morgan fingerprint density at radius 1 is 1.27 bits per heavy atom. The second-order valence-electron chi connectivity index (χ2n) is 9.72. The zero-order chi connectivity index (χ0) is 23.4. The second kappa shape index (κ2) is 8.34. The van der Waals surface area contributed by atoms with Crippen molar-refractivity contribution in [1.82, 2.24) is 9.88 Å². The number of aromatic amines is 1. The number of benzene rings is 1. The van der Waals surface area contributed by atoms with E-state index in [-0.39, 0.29) is 6.42 Å². The molecule has 2 aromatic rings. The fourth-order valence-electron chi connectivity index (χ4n) is 5.49. The monoisotopic (exact) mass is 487 g/mol. The van der Waals surface area contributed by atoms with Crippen LogP contribution in [0.15, 0.2) is 24.4 Å². The maximum absolute atomic E-state index is 13.6. The number of ether oxygens (including phenoxy) is 1. The lowest BCUT2D eigenvalue weighted by Gasteiger charge is -2.20. The van der Waals surface area contributed by atoms with E-state index >= 15 is 0 Å². The molecule has 5 rings (SSSR count). The van der Waals surface area contributed by atoms with Crippen LogP contribution in [-0.4, -0.2) is 53.3 Å². The highest BCUT2D eigenvalue weighted by molar-refractivity contribution is 6.27. The molecule has 33 heavy (non-hydrogen) atoms. The van der Waals surface area contributed by atoms with Gasteiger partial charge in [0.25, 0.3) is 0 Å². The molecule has 1 saturated heterocycles. The third-order valence-corrected chi connectivity index (χ3v) is 7.59. The number of H-pyrrole nitrogens is 1. The van der Waals surface area contributed by atoms with E-state index in [9.17, 15) is 22.4 Å². The van der Waals surface area contributed by atoms with Gasteiger partial charge in [-0.05, 0) is 55.2 Å². The molecule has 2 saturated carbocycles. The topological polar surface area (TPSA) is 57.4 Å². The molecule has 2 heterocycles. The largest absolute Gasteiger partial charge is 0.494 e. The number of anilines is 1. The van der Waals surface area contributed by atoms with Crippen molar-refractivity contribution < 1.29 is 27.1 Å². The maximum atomic E-state index is 13.6. The molecule has 3 aliphatic rings. The Labute approximate surface area is 193 Å². The van der Waals surface area contributed by atoms with Gasteiger partial charge in [-0.1, -0.05) is 11.6 Å². The first-order chi connectivity index (χ1) is 15.6. The molecule has 1 aliphatic heterocycles. The van der Waals surface area contributed by atoms with Crippen LogP contribution in [-0.2, 0) is 4.79 Å². The molecule has 180 valence electrons. The van der Waals surface area contributed by atoms with Crippen LogP contribution in [0, 0.1) is 23.7 Å². The van der Waals surface area contributed by atoms with Crippen LogP contribution in [0.4, 0.5) is 23.2 Å². The molecule has 1 aromatic heterocycles. The molecule has 3 unspecified atom stereocenters. The molecule has 10 heteroatoms. The van der Waals surface area contributed by atoms with Crippen LogP contribution in [0.1, 0.15) is 25.7 Å². The lowest BCUT2D eigenvalue weighted by atomic mass is 10.0. The van der Waals surface area contributed by atoms with Crippen molar-refractivity contribution in [1.29, 1.82) is 0 Å². The summed E-state index contributed by atoms with van der Waals surface area (Å²) in [7, 11) is 0. The number of aromatic nitrogens is 1. The molecule has 0 spiro atoms. The Hall–Kier alpha value is -2.00. The number of hydrogen-bond acceptors (Lipinski definition) is 3. The lowest BCUT2D eigenvalue weighted by Crippen LogP contribution is -2.33. The van der Waals surface area contributed by atoms with E-state index < -0.39 is 29.7 Å². The zero-order valence-electron chi connectivity index (χ0n) is 17.9. The van der Waals surface area contributed by atoms with Crippen LogP contribution in [0.2, 0.25) is 0 Å². The van der Waals surface area contributed by atoms with Gasteiger partial charge in [-0.25, -0.2) is 4.39 Å². The maximum Gasteiger partial charge on any atom is 0.401 e. The number of alkyl halides is 5. The molecular formula is C23H26ClF4N3O2. The molecule has 1 aromatic carbocycles. The van der Waals surface area contributed by atoms with E-state index in [4.69, 9.17) is 16.3 Å². The Bertz CT molecular complexity index is 1030. The normalized spacial score (nSPS) is 31.7. The fourth-order valence-corrected chi connectivity index (χ4v) is 5.75. The van der Waals surface area contributed by atoms with Crippen molar-refractivity contribution in [3.63, 3.8) is 0 Å². The molecular weight excluding hydrogens is 462 g/mol. The summed E-state index contributed by atoms with van der Waals surface area (Å²) in [5.41, 5.74) is 1.37. The van der Waals surface area contributed by atoms with Crippen LogP contribution < -0.4 is 10.1 Å². The first-order valence-corrected chi connectivity index (χ1v) is 11.7. The number of hydrogen-bond donors (Lipinski definition) is 2. The minimum Gasteiger partial charge on any atom is -0.494 e. The summed E-state index contributed by atoms with van der Waals surface area (Å²) in [4.78, 5) is 16.8. The Morgan fingerprint density at radius 2 is 1.97 bits per heavy atom. The number of carbonyl (C=O) groups excluding carboxylic acids is 1. The summed E-state index contributed by atoms with van der Waals surface area (Å²) in [6, 6.07) is 5.53. The van der Waals surface area contributed by atoms with Crippen molar-refractivity contribution in [2.45, 2.75) is 37.0 Å². The minimum atomic E-state index is -4.13. The number of nitrogens with zero attached hydrogens (tertiary/aromatic N) is 1. The summed E-state index contributed by atoms with van der Waals surface area (Å²) < 4.78 is 57.4. The van der Waals surface area contributed by atoms with E-state index in [1.54, 1.807) is 6.20 Å². The Kier molecular flexibility index (Phi) is 5.76. The smallest absolute Gasteiger partial charge is 0.401 e. The second-order valence-corrected chi connectivity index (χ2v) is 10.3. The van der Waals surface area contributed by atoms with Gasteiger partial charge in [0.15, 0.2) is 5.13 Å². The highest BCUT2D eigenvalue weighted by atomic mass is 35.5. The summed E-state index contributed by atoms with van der Waals surface area (Å²) in [5.74, 6) is 0.546. The Balaban J connectivity index is 1.11. The van der Waals surface area contributed by atoms with Crippen LogP contribution >= 0.6 is 11.6 Å².